The van der Waals surface area contributed by atoms with Gasteiger partial charge < -0.3 is 4.74 Å². The zero-order valence-corrected chi connectivity index (χ0v) is 11.1. The third-order valence-electron chi connectivity index (χ3n) is 3.60. The number of likely N-dealkylation sites (tertiary alicyclic amines) is 1. The van der Waals surface area contributed by atoms with Gasteiger partial charge in [-0.1, -0.05) is 6.42 Å². The lowest BCUT2D eigenvalue weighted by Crippen LogP contribution is -2.33. The smallest absolute Gasteiger partial charge is 0.121 e. The van der Waals surface area contributed by atoms with E-state index in [2.05, 4.69) is 14.9 Å². The highest BCUT2D eigenvalue weighted by atomic mass is 16.5. The molecule has 2 heterocycles. The van der Waals surface area contributed by atoms with Crippen LogP contribution in [-0.2, 0) is 0 Å². The lowest BCUT2D eigenvalue weighted by molar-refractivity contribution is 0.183. The lowest BCUT2D eigenvalue weighted by atomic mass is 10.1. The zero-order chi connectivity index (χ0) is 12.9. The average Bonchev–Trinajstić information content (AvgIpc) is 2.48. The third kappa shape index (κ3) is 3.20. The molecular weight excluding hydrogens is 238 g/mol. The molecule has 0 atom stereocenters. The van der Waals surface area contributed by atoms with E-state index in [9.17, 15) is 0 Å². The molecular formula is C15H19N3O. The molecule has 1 fully saturated rings. The quantitative estimate of drug-likeness (QED) is 0.843. The van der Waals surface area contributed by atoms with Crippen LogP contribution in [0.25, 0.3) is 10.9 Å². The van der Waals surface area contributed by atoms with Crippen molar-refractivity contribution < 1.29 is 4.74 Å². The van der Waals surface area contributed by atoms with Crippen LogP contribution < -0.4 is 4.74 Å². The van der Waals surface area contributed by atoms with Crippen molar-refractivity contribution in [2.45, 2.75) is 19.3 Å². The second-order valence-corrected chi connectivity index (χ2v) is 4.99. The minimum atomic E-state index is 0.747. The Morgan fingerprint density at radius 3 is 2.95 bits per heavy atom. The predicted octanol–water partition coefficient (Wildman–Crippen LogP) is 2.49. The summed E-state index contributed by atoms with van der Waals surface area (Å²) >= 11 is 0. The standard InChI is InChI=1S/C15H19N3O/c1-2-6-18(7-3-1)8-9-19-14-5-4-13-11-16-12-17-15(13)10-14/h4-5,10-12H,1-3,6-9H2. The van der Waals surface area contributed by atoms with Crippen molar-refractivity contribution in [3.63, 3.8) is 0 Å². The second kappa shape index (κ2) is 5.97. The van der Waals surface area contributed by atoms with Gasteiger partial charge in [-0.05, 0) is 38.1 Å². The number of rotatable bonds is 4. The first-order chi connectivity index (χ1) is 9.42. The van der Waals surface area contributed by atoms with Crippen LogP contribution in [0, 0.1) is 0 Å². The van der Waals surface area contributed by atoms with Crippen LogP contribution in [-0.4, -0.2) is 41.1 Å². The van der Waals surface area contributed by atoms with Gasteiger partial charge in [-0.2, -0.15) is 0 Å². The van der Waals surface area contributed by atoms with Gasteiger partial charge in [-0.25, -0.2) is 9.97 Å². The van der Waals surface area contributed by atoms with E-state index in [4.69, 9.17) is 4.74 Å². The number of aromatic nitrogens is 2. The van der Waals surface area contributed by atoms with Crippen molar-refractivity contribution in [3.8, 4) is 5.75 Å². The summed E-state index contributed by atoms with van der Waals surface area (Å²) < 4.78 is 5.81. The fraction of sp³-hybridized carbons (Fsp3) is 0.467. The lowest BCUT2D eigenvalue weighted by Gasteiger charge is -2.26. The Bertz CT molecular complexity index is 538. The first kappa shape index (κ1) is 12.4. The zero-order valence-electron chi connectivity index (χ0n) is 11.1. The largest absolute Gasteiger partial charge is 0.492 e. The van der Waals surface area contributed by atoms with E-state index in [1.807, 2.05) is 24.4 Å². The Morgan fingerprint density at radius 2 is 2.05 bits per heavy atom. The minimum absolute atomic E-state index is 0.747. The molecule has 1 aliphatic heterocycles. The van der Waals surface area contributed by atoms with Gasteiger partial charge >= 0.3 is 0 Å². The molecule has 0 saturated carbocycles. The fourth-order valence-electron chi connectivity index (χ4n) is 2.52. The van der Waals surface area contributed by atoms with E-state index in [-0.39, 0.29) is 0 Å². The van der Waals surface area contributed by atoms with Gasteiger partial charge in [-0.15, -0.1) is 0 Å². The van der Waals surface area contributed by atoms with E-state index in [0.29, 0.717) is 0 Å². The average molecular weight is 257 g/mol. The molecule has 4 nitrogen and oxygen atoms in total. The number of hydrogen-bond donors (Lipinski definition) is 0. The normalized spacial score (nSPS) is 16.6. The Kier molecular flexibility index (Phi) is 3.89. The topological polar surface area (TPSA) is 38.2 Å². The number of fused-ring (bicyclic) bond motifs is 1. The van der Waals surface area contributed by atoms with E-state index in [1.165, 1.54) is 32.4 Å². The van der Waals surface area contributed by atoms with Gasteiger partial charge in [0, 0.05) is 24.2 Å². The van der Waals surface area contributed by atoms with Crippen LogP contribution in [0.4, 0.5) is 0 Å². The maximum atomic E-state index is 5.81. The Balaban J connectivity index is 1.56. The number of piperidine rings is 1. The van der Waals surface area contributed by atoms with Crippen molar-refractivity contribution in [3.05, 3.63) is 30.7 Å². The van der Waals surface area contributed by atoms with E-state index in [1.54, 1.807) is 6.33 Å². The number of benzene rings is 1. The molecule has 0 amide bonds. The highest BCUT2D eigenvalue weighted by Crippen LogP contribution is 2.18. The van der Waals surface area contributed by atoms with E-state index in [0.717, 1.165) is 29.8 Å². The number of ether oxygens (including phenoxy) is 1. The third-order valence-corrected chi connectivity index (χ3v) is 3.60. The van der Waals surface area contributed by atoms with Gasteiger partial charge in [-0.3, -0.25) is 4.90 Å². The molecule has 0 radical (unpaired) electrons. The van der Waals surface area contributed by atoms with Crippen LogP contribution in [0.5, 0.6) is 5.75 Å². The SMILES string of the molecule is c1ncc2ccc(OCCN3CCCCC3)cc2n1. The molecule has 2 aromatic rings. The van der Waals surface area contributed by atoms with Gasteiger partial charge in [0.15, 0.2) is 0 Å². The second-order valence-electron chi connectivity index (χ2n) is 4.99. The Morgan fingerprint density at radius 1 is 1.16 bits per heavy atom. The molecule has 4 heteroatoms. The monoisotopic (exact) mass is 257 g/mol. The van der Waals surface area contributed by atoms with Crippen LogP contribution in [0.3, 0.4) is 0 Å². The molecule has 1 aromatic carbocycles. The first-order valence-corrected chi connectivity index (χ1v) is 6.97. The van der Waals surface area contributed by atoms with E-state index < -0.39 is 0 Å². The van der Waals surface area contributed by atoms with Gasteiger partial charge in [0.25, 0.3) is 0 Å². The summed E-state index contributed by atoms with van der Waals surface area (Å²) in [6.07, 6.45) is 7.42. The van der Waals surface area contributed by atoms with Crippen LogP contribution in [0.15, 0.2) is 30.7 Å². The maximum Gasteiger partial charge on any atom is 0.121 e. The van der Waals surface area contributed by atoms with Crippen LogP contribution in [0.2, 0.25) is 0 Å². The molecule has 1 saturated heterocycles. The molecule has 1 aliphatic rings. The predicted molar refractivity (Wildman–Crippen MR) is 75.3 cm³/mol. The molecule has 0 N–H and O–H groups in total. The fourth-order valence-corrected chi connectivity index (χ4v) is 2.52. The first-order valence-electron chi connectivity index (χ1n) is 6.97. The van der Waals surface area contributed by atoms with Crippen molar-refractivity contribution in [1.29, 1.82) is 0 Å². The van der Waals surface area contributed by atoms with Crippen molar-refractivity contribution in [2.75, 3.05) is 26.2 Å². The van der Waals surface area contributed by atoms with Crippen molar-refractivity contribution >= 4 is 10.9 Å². The molecule has 0 aliphatic carbocycles. The summed E-state index contributed by atoms with van der Waals surface area (Å²) in [5.74, 6) is 0.892. The molecule has 1 aromatic heterocycles. The highest BCUT2D eigenvalue weighted by Gasteiger charge is 2.09. The van der Waals surface area contributed by atoms with Gasteiger partial charge in [0.2, 0.25) is 0 Å². The molecule has 0 bridgehead atoms. The van der Waals surface area contributed by atoms with Crippen LogP contribution in [0.1, 0.15) is 19.3 Å². The number of hydrogen-bond acceptors (Lipinski definition) is 4. The van der Waals surface area contributed by atoms with Crippen molar-refractivity contribution in [1.82, 2.24) is 14.9 Å². The Labute approximate surface area is 113 Å². The van der Waals surface area contributed by atoms with Gasteiger partial charge in [0.05, 0.1) is 5.52 Å². The van der Waals surface area contributed by atoms with Crippen LogP contribution >= 0.6 is 0 Å². The summed E-state index contributed by atoms with van der Waals surface area (Å²) in [4.78, 5) is 10.7. The molecule has 0 unspecified atom stereocenters. The molecule has 100 valence electrons. The van der Waals surface area contributed by atoms with Crippen molar-refractivity contribution in [2.24, 2.45) is 0 Å². The summed E-state index contributed by atoms with van der Waals surface area (Å²) in [7, 11) is 0. The summed E-state index contributed by atoms with van der Waals surface area (Å²) in [5, 5.41) is 1.05. The summed E-state index contributed by atoms with van der Waals surface area (Å²) in [5.41, 5.74) is 0.936. The van der Waals surface area contributed by atoms with Gasteiger partial charge in [0.1, 0.15) is 18.7 Å². The number of nitrogens with zero attached hydrogens (tertiary/aromatic N) is 3. The molecule has 19 heavy (non-hydrogen) atoms. The summed E-state index contributed by atoms with van der Waals surface area (Å²) in [6.45, 7) is 4.20. The highest BCUT2D eigenvalue weighted by molar-refractivity contribution is 5.78. The maximum absolute atomic E-state index is 5.81. The summed E-state index contributed by atoms with van der Waals surface area (Å²) in [6, 6.07) is 5.97. The Hall–Kier alpha value is -1.68. The molecule has 3 rings (SSSR count). The molecule has 0 spiro atoms. The minimum Gasteiger partial charge on any atom is -0.492 e. The van der Waals surface area contributed by atoms with E-state index >= 15 is 0 Å².